The molecule has 0 aliphatic heterocycles. The highest BCUT2D eigenvalue weighted by Gasteiger charge is 2.17. The van der Waals surface area contributed by atoms with Gasteiger partial charge in [-0.05, 0) is 54.4 Å². The number of benzene rings is 2. The van der Waals surface area contributed by atoms with Gasteiger partial charge in [0.1, 0.15) is 5.69 Å². The Morgan fingerprint density at radius 1 is 1.15 bits per heavy atom. The highest BCUT2D eigenvalue weighted by atomic mass is 79.9. The lowest BCUT2D eigenvalue weighted by molar-refractivity contribution is -0.601. The summed E-state index contributed by atoms with van der Waals surface area (Å²) in [6.07, 6.45) is 0. The molecule has 0 saturated heterocycles. The molecule has 3 aromatic rings. The first-order valence-electron chi connectivity index (χ1n) is 6.01. The molecule has 0 aliphatic rings. The van der Waals surface area contributed by atoms with Gasteiger partial charge in [-0.25, -0.2) is 4.73 Å². The Kier molecular flexibility index (Phi) is 3.36. The molecule has 3 nitrogen and oxygen atoms in total. The van der Waals surface area contributed by atoms with Crippen molar-refractivity contribution in [1.82, 2.24) is 4.98 Å². The van der Waals surface area contributed by atoms with Crippen molar-refractivity contribution in [3.63, 3.8) is 0 Å². The quantitative estimate of drug-likeness (QED) is 0.486. The lowest BCUT2D eigenvalue weighted by Gasteiger charge is -2.11. The summed E-state index contributed by atoms with van der Waals surface area (Å²) in [6.45, 7) is 1.79. The maximum atomic E-state index is 12.4. The SMILES string of the molecule is Cc1c2cc(Br)ccc2nc(-c2ccc(Cl)cc2)[n+]1[O-]. The van der Waals surface area contributed by atoms with Crippen LogP contribution in [0.5, 0.6) is 0 Å². The molecule has 5 heteroatoms. The largest absolute Gasteiger partial charge is 0.710 e. The zero-order valence-corrected chi connectivity index (χ0v) is 12.9. The van der Waals surface area contributed by atoms with Gasteiger partial charge in [-0.3, -0.25) is 0 Å². The number of halogens is 2. The van der Waals surface area contributed by atoms with E-state index in [9.17, 15) is 5.21 Å². The van der Waals surface area contributed by atoms with Crippen LogP contribution in [0.15, 0.2) is 46.9 Å². The summed E-state index contributed by atoms with van der Waals surface area (Å²) >= 11 is 9.28. The smallest absolute Gasteiger partial charge is 0.334 e. The minimum absolute atomic E-state index is 0.383. The third-order valence-electron chi connectivity index (χ3n) is 3.17. The molecule has 100 valence electrons. The van der Waals surface area contributed by atoms with Crippen molar-refractivity contribution < 1.29 is 4.73 Å². The van der Waals surface area contributed by atoms with E-state index < -0.39 is 0 Å². The van der Waals surface area contributed by atoms with Crippen molar-refractivity contribution in [2.45, 2.75) is 6.92 Å². The van der Waals surface area contributed by atoms with Crippen LogP contribution in [0, 0.1) is 12.1 Å². The fraction of sp³-hybridized carbons (Fsp3) is 0.0667. The Morgan fingerprint density at radius 3 is 2.55 bits per heavy atom. The summed E-state index contributed by atoms with van der Waals surface area (Å²) in [7, 11) is 0. The second kappa shape index (κ2) is 5.04. The Morgan fingerprint density at radius 2 is 1.85 bits per heavy atom. The van der Waals surface area contributed by atoms with Crippen molar-refractivity contribution in [3.8, 4) is 11.4 Å². The molecule has 20 heavy (non-hydrogen) atoms. The van der Waals surface area contributed by atoms with Crippen molar-refractivity contribution in [1.29, 1.82) is 0 Å². The third-order valence-corrected chi connectivity index (χ3v) is 3.92. The highest BCUT2D eigenvalue weighted by Crippen LogP contribution is 2.23. The predicted octanol–water partition coefficient (Wildman–Crippen LogP) is 4.26. The van der Waals surface area contributed by atoms with Crippen molar-refractivity contribution in [3.05, 3.63) is 62.9 Å². The molecule has 0 unspecified atom stereocenters. The molecule has 0 spiro atoms. The number of aromatic nitrogens is 2. The van der Waals surface area contributed by atoms with E-state index in [-0.39, 0.29) is 0 Å². The average Bonchev–Trinajstić information content (AvgIpc) is 2.44. The van der Waals surface area contributed by atoms with Crippen LogP contribution in [-0.4, -0.2) is 4.98 Å². The monoisotopic (exact) mass is 348 g/mol. The van der Waals surface area contributed by atoms with Gasteiger partial charge in [-0.2, -0.15) is 0 Å². The zero-order valence-electron chi connectivity index (χ0n) is 10.6. The molecule has 0 amide bonds. The van der Waals surface area contributed by atoms with Crippen LogP contribution in [0.25, 0.3) is 22.3 Å². The Labute approximate surface area is 129 Å². The van der Waals surface area contributed by atoms with Crippen molar-refractivity contribution in [2.75, 3.05) is 0 Å². The summed E-state index contributed by atoms with van der Waals surface area (Å²) in [4.78, 5) is 4.46. The van der Waals surface area contributed by atoms with Crippen LogP contribution in [0.1, 0.15) is 5.69 Å². The highest BCUT2D eigenvalue weighted by molar-refractivity contribution is 9.10. The molecule has 1 heterocycles. The molecule has 0 saturated carbocycles. The van der Waals surface area contributed by atoms with Gasteiger partial charge in [-0.1, -0.05) is 27.5 Å². The van der Waals surface area contributed by atoms with E-state index in [1.807, 2.05) is 18.2 Å². The molecule has 0 aliphatic carbocycles. The normalized spacial score (nSPS) is 10.9. The van der Waals surface area contributed by atoms with E-state index in [1.165, 1.54) is 0 Å². The number of aryl methyl sites for hydroxylation is 1. The molecular weight excluding hydrogens is 340 g/mol. The summed E-state index contributed by atoms with van der Waals surface area (Å²) in [5, 5.41) is 13.9. The van der Waals surface area contributed by atoms with Gasteiger partial charge in [0.15, 0.2) is 5.52 Å². The first kappa shape index (κ1) is 13.3. The van der Waals surface area contributed by atoms with Crippen LogP contribution in [-0.2, 0) is 0 Å². The van der Waals surface area contributed by atoms with Crippen molar-refractivity contribution in [2.24, 2.45) is 0 Å². The summed E-state index contributed by atoms with van der Waals surface area (Å²) in [5.41, 5.74) is 2.17. The Balaban J connectivity index is 2.29. The first-order chi connectivity index (χ1) is 9.56. The van der Waals surface area contributed by atoms with E-state index >= 15 is 0 Å². The van der Waals surface area contributed by atoms with Gasteiger partial charge < -0.3 is 5.21 Å². The van der Waals surface area contributed by atoms with Gasteiger partial charge >= 0.3 is 5.82 Å². The maximum Gasteiger partial charge on any atom is 0.334 e. The molecule has 0 atom stereocenters. The minimum atomic E-state index is 0.383. The number of hydrogen-bond acceptors (Lipinski definition) is 2. The number of nitrogens with zero attached hydrogens (tertiary/aromatic N) is 2. The molecular formula is C15H10BrClN2O. The standard InChI is InChI=1S/C15H10BrClN2O/c1-9-13-8-11(16)4-7-14(13)18-15(19(9)20)10-2-5-12(17)6-3-10/h2-8H,1H3. The van der Waals surface area contributed by atoms with Gasteiger partial charge in [0.2, 0.25) is 0 Å². The van der Waals surface area contributed by atoms with E-state index in [0.717, 1.165) is 25.7 Å². The van der Waals surface area contributed by atoms with E-state index in [0.29, 0.717) is 16.5 Å². The van der Waals surface area contributed by atoms with Crippen molar-refractivity contribution >= 4 is 38.4 Å². The Hall–Kier alpha value is -1.65. The van der Waals surface area contributed by atoms with Crippen LogP contribution in [0.2, 0.25) is 5.02 Å². The van der Waals surface area contributed by atoms with Gasteiger partial charge in [0.05, 0.1) is 10.9 Å². The number of hydrogen-bond donors (Lipinski definition) is 0. The van der Waals surface area contributed by atoms with Gasteiger partial charge in [0, 0.05) is 9.50 Å². The zero-order chi connectivity index (χ0) is 14.3. The molecule has 0 fully saturated rings. The van der Waals surface area contributed by atoms with Crippen LogP contribution in [0.3, 0.4) is 0 Å². The van der Waals surface area contributed by atoms with Crippen LogP contribution < -0.4 is 4.73 Å². The fourth-order valence-corrected chi connectivity index (χ4v) is 2.59. The third kappa shape index (κ3) is 2.25. The van der Waals surface area contributed by atoms with Gasteiger partial charge in [0.25, 0.3) is 0 Å². The maximum absolute atomic E-state index is 12.4. The minimum Gasteiger partial charge on any atom is -0.710 e. The summed E-state index contributed by atoms with van der Waals surface area (Å²) in [5.74, 6) is 0.383. The van der Waals surface area contributed by atoms with Crippen LogP contribution >= 0.6 is 27.5 Å². The molecule has 0 bridgehead atoms. The summed E-state index contributed by atoms with van der Waals surface area (Å²) < 4.78 is 1.78. The molecule has 1 aromatic heterocycles. The molecule has 0 N–H and O–H groups in total. The topological polar surface area (TPSA) is 39.8 Å². The second-order valence-electron chi connectivity index (χ2n) is 4.48. The lowest BCUT2D eigenvalue weighted by atomic mass is 10.1. The number of fused-ring (bicyclic) bond motifs is 1. The number of rotatable bonds is 1. The first-order valence-corrected chi connectivity index (χ1v) is 7.19. The van der Waals surface area contributed by atoms with E-state index in [4.69, 9.17) is 11.6 Å². The predicted molar refractivity (Wildman–Crippen MR) is 83.6 cm³/mol. The average molecular weight is 350 g/mol. The molecule has 3 rings (SSSR count). The lowest BCUT2D eigenvalue weighted by Crippen LogP contribution is -2.34. The molecule has 2 aromatic carbocycles. The van der Waals surface area contributed by atoms with E-state index in [1.54, 1.807) is 31.2 Å². The van der Waals surface area contributed by atoms with Gasteiger partial charge in [-0.15, -0.1) is 0 Å². The van der Waals surface area contributed by atoms with Crippen LogP contribution in [0.4, 0.5) is 0 Å². The second-order valence-corrected chi connectivity index (χ2v) is 5.84. The molecule has 0 radical (unpaired) electrons. The Bertz CT molecular complexity index is 803. The fourth-order valence-electron chi connectivity index (χ4n) is 2.10. The van der Waals surface area contributed by atoms with E-state index in [2.05, 4.69) is 20.9 Å². The summed E-state index contributed by atoms with van der Waals surface area (Å²) in [6, 6.07) is 12.8.